The minimum atomic E-state index is -0.410. The summed E-state index contributed by atoms with van der Waals surface area (Å²) in [4.78, 5) is 42.7. The average molecular weight is 558 g/mol. The summed E-state index contributed by atoms with van der Waals surface area (Å²) in [6, 6.07) is 13.6. The maximum atomic E-state index is 13.5. The first-order chi connectivity index (χ1) is 19.7. The lowest BCUT2D eigenvalue weighted by Gasteiger charge is -2.39. The van der Waals surface area contributed by atoms with Crippen LogP contribution in [0, 0.1) is 29.1 Å². The van der Waals surface area contributed by atoms with Crippen molar-refractivity contribution in [1.29, 1.82) is 0 Å². The quantitative estimate of drug-likeness (QED) is 0.138. The van der Waals surface area contributed by atoms with Crippen molar-refractivity contribution in [1.82, 2.24) is 0 Å². The molecular formula is C35H43NO5. The number of carbonyl (C=O) groups excluding carboxylic acids is 3. The van der Waals surface area contributed by atoms with Gasteiger partial charge in [0.1, 0.15) is 11.5 Å². The molecule has 6 heteroatoms. The molecule has 1 N–H and O–H groups in total. The Hall–Kier alpha value is -3.28. The molecule has 3 saturated carbocycles. The van der Waals surface area contributed by atoms with E-state index in [2.05, 4.69) is 4.99 Å². The fourth-order valence-corrected chi connectivity index (χ4v) is 7.33. The zero-order valence-corrected chi connectivity index (χ0v) is 24.4. The van der Waals surface area contributed by atoms with Gasteiger partial charge in [-0.1, -0.05) is 6.42 Å². The molecule has 3 fully saturated rings. The minimum Gasteiger partial charge on any atom is -0.508 e. The van der Waals surface area contributed by atoms with Crippen LogP contribution in [0.3, 0.4) is 0 Å². The van der Waals surface area contributed by atoms with Crippen molar-refractivity contribution in [3.05, 3.63) is 59.7 Å². The Kier molecular flexibility index (Phi) is 9.06. The van der Waals surface area contributed by atoms with Gasteiger partial charge in [-0.25, -0.2) is 4.99 Å². The Morgan fingerprint density at radius 1 is 1.00 bits per heavy atom. The highest BCUT2D eigenvalue weighted by Gasteiger charge is 2.69. The summed E-state index contributed by atoms with van der Waals surface area (Å²) in [5.41, 5.74) is 1.87. The van der Waals surface area contributed by atoms with Crippen LogP contribution in [-0.2, 0) is 4.79 Å². The lowest BCUT2D eigenvalue weighted by molar-refractivity contribution is -0.117. The molecule has 218 valence electrons. The van der Waals surface area contributed by atoms with Gasteiger partial charge in [0.15, 0.2) is 11.6 Å². The van der Waals surface area contributed by atoms with E-state index in [1.807, 2.05) is 38.1 Å². The van der Waals surface area contributed by atoms with Gasteiger partial charge in [0.25, 0.3) is 0 Å². The standard InChI is InChI=1S/C35H43NO5/c1-23(2)41-30-16-12-25(13-17-30)34(40)27(9-8-26-20-28-21-35(28)19-18-31(26)35)22-36-33(39)7-5-3-4-6-32(38)24-10-14-29(37)15-11-24/h10-17,22-23,26-28,31,37H,3-9,18-21H2,1-2H3/b36-22+/t26?,27?,28?,31-,35?/m0/s1. The fraction of sp³-hybridized carbons (Fsp3) is 0.543. The third-order valence-corrected chi connectivity index (χ3v) is 9.67. The van der Waals surface area contributed by atoms with Crippen molar-refractivity contribution in [2.24, 2.45) is 34.1 Å². The predicted molar refractivity (Wildman–Crippen MR) is 160 cm³/mol. The second-order valence-electron chi connectivity index (χ2n) is 12.7. The summed E-state index contributed by atoms with van der Waals surface area (Å²) in [6.45, 7) is 3.94. The van der Waals surface area contributed by atoms with Gasteiger partial charge in [-0.3, -0.25) is 14.4 Å². The Labute approximate surface area is 243 Å². The Bertz CT molecular complexity index is 1260. The molecule has 1 amide bonds. The maximum Gasteiger partial charge on any atom is 0.245 e. The van der Waals surface area contributed by atoms with Crippen molar-refractivity contribution >= 4 is 23.7 Å². The number of aromatic hydroxyl groups is 1. The molecular weight excluding hydrogens is 514 g/mol. The number of phenols is 1. The molecule has 0 radical (unpaired) electrons. The second-order valence-corrected chi connectivity index (χ2v) is 12.7. The summed E-state index contributed by atoms with van der Waals surface area (Å²) in [7, 11) is 0. The van der Waals surface area contributed by atoms with Gasteiger partial charge in [-0.05, 0) is 137 Å². The van der Waals surface area contributed by atoms with E-state index in [4.69, 9.17) is 4.74 Å². The number of hydrogen-bond acceptors (Lipinski definition) is 5. The third-order valence-electron chi connectivity index (χ3n) is 9.67. The molecule has 0 aliphatic heterocycles. The van der Waals surface area contributed by atoms with Crippen LogP contribution in [0.15, 0.2) is 53.5 Å². The van der Waals surface area contributed by atoms with E-state index in [9.17, 15) is 19.5 Å². The lowest BCUT2D eigenvalue weighted by atomic mass is 9.66. The monoisotopic (exact) mass is 557 g/mol. The number of Topliss-reactive ketones (excluding diaryl/α,β-unsaturated/α-hetero) is 2. The van der Waals surface area contributed by atoms with Crippen molar-refractivity contribution < 1.29 is 24.2 Å². The number of hydrogen-bond donors (Lipinski definition) is 1. The van der Waals surface area contributed by atoms with E-state index in [-0.39, 0.29) is 29.3 Å². The molecule has 2 aromatic carbocycles. The average Bonchev–Trinajstić information content (AvgIpc) is 3.64. The number of rotatable bonds is 15. The van der Waals surface area contributed by atoms with Gasteiger partial charge in [-0.2, -0.15) is 0 Å². The van der Waals surface area contributed by atoms with Crippen LogP contribution in [-0.4, -0.2) is 34.9 Å². The van der Waals surface area contributed by atoms with E-state index >= 15 is 0 Å². The van der Waals surface area contributed by atoms with Gasteiger partial charge in [-0.15, -0.1) is 0 Å². The smallest absolute Gasteiger partial charge is 0.245 e. The third kappa shape index (κ3) is 6.97. The van der Waals surface area contributed by atoms with Crippen molar-refractivity contribution in [2.45, 2.75) is 90.6 Å². The number of benzene rings is 2. The van der Waals surface area contributed by atoms with Crippen LogP contribution in [0.2, 0.25) is 0 Å². The maximum absolute atomic E-state index is 13.5. The first kappa shape index (κ1) is 29.2. The molecule has 0 heterocycles. The molecule has 6 nitrogen and oxygen atoms in total. The molecule has 0 aromatic heterocycles. The van der Waals surface area contributed by atoms with Crippen molar-refractivity contribution in [3.63, 3.8) is 0 Å². The van der Waals surface area contributed by atoms with Gasteiger partial charge in [0, 0.05) is 30.2 Å². The highest BCUT2D eigenvalue weighted by atomic mass is 16.5. The van der Waals surface area contributed by atoms with Crippen LogP contribution in [0.25, 0.3) is 0 Å². The van der Waals surface area contributed by atoms with Gasteiger partial charge < -0.3 is 9.84 Å². The van der Waals surface area contributed by atoms with Crippen LogP contribution in [0.4, 0.5) is 0 Å². The van der Waals surface area contributed by atoms with Gasteiger partial charge >= 0.3 is 0 Å². The number of ketones is 2. The Morgan fingerprint density at radius 2 is 1.71 bits per heavy atom. The van der Waals surface area contributed by atoms with Gasteiger partial charge in [0.05, 0.1) is 12.0 Å². The van der Waals surface area contributed by atoms with E-state index < -0.39 is 5.92 Å². The molecule has 5 atom stereocenters. The summed E-state index contributed by atoms with van der Waals surface area (Å²) in [5.74, 6) is 2.76. The number of unbranched alkanes of at least 4 members (excludes halogenated alkanes) is 2. The van der Waals surface area contributed by atoms with Crippen molar-refractivity contribution in [3.8, 4) is 11.5 Å². The van der Waals surface area contributed by atoms with Crippen LogP contribution in [0.1, 0.15) is 105 Å². The zero-order chi connectivity index (χ0) is 29.0. The van der Waals surface area contributed by atoms with Crippen LogP contribution in [0.5, 0.6) is 11.5 Å². The molecule has 2 aromatic rings. The summed E-state index contributed by atoms with van der Waals surface area (Å²) in [5, 5.41) is 9.37. The largest absolute Gasteiger partial charge is 0.508 e. The van der Waals surface area contributed by atoms with Crippen LogP contribution < -0.4 is 4.74 Å². The number of phenolic OH excluding ortho intramolecular Hbond substituents is 1. The molecule has 0 bridgehead atoms. The molecule has 4 unspecified atom stereocenters. The summed E-state index contributed by atoms with van der Waals surface area (Å²) >= 11 is 0. The molecule has 0 saturated heterocycles. The van der Waals surface area contributed by atoms with E-state index in [1.54, 1.807) is 18.3 Å². The van der Waals surface area contributed by atoms with E-state index in [0.29, 0.717) is 48.1 Å². The number of amides is 1. The topological polar surface area (TPSA) is 93.0 Å². The predicted octanol–water partition coefficient (Wildman–Crippen LogP) is 7.63. The molecule has 1 spiro atoms. The normalized spacial score (nSPS) is 24.9. The Balaban J connectivity index is 1.12. The van der Waals surface area contributed by atoms with Gasteiger partial charge in [0.2, 0.25) is 5.91 Å². The van der Waals surface area contributed by atoms with Crippen molar-refractivity contribution in [2.75, 3.05) is 0 Å². The highest BCUT2D eigenvalue weighted by Crippen LogP contribution is 2.78. The van der Waals surface area contributed by atoms with Crippen LogP contribution >= 0.6 is 0 Å². The highest BCUT2D eigenvalue weighted by molar-refractivity contribution is 6.07. The first-order valence-corrected chi connectivity index (χ1v) is 15.5. The minimum absolute atomic E-state index is 0.0110. The molecule has 41 heavy (non-hydrogen) atoms. The fourth-order valence-electron chi connectivity index (χ4n) is 7.33. The second kappa shape index (κ2) is 12.7. The zero-order valence-electron chi connectivity index (χ0n) is 24.4. The number of aliphatic imine (C=N–C) groups is 1. The SMILES string of the molecule is CC(C)Oc1ccc(C(=O)C(/C=N/C(=O)CCCCCC(=O)c2ccc(O)cc2)CCC2CC3CC34CC[C@@H]24)cc1. The number of carbonyl (C=O) groups is 3. The molecule has 3 aliphatic rings. The van der Waals surface area contributed by atoms with E-state index in [1.165, 1.54) is 37.8 Å². The summed E-state index contributed by atoms with van der Waals surface area (Å²) in [6.07, 6.45) is 11.7. The molecule has 5 rings (SSSR count). The lowest BCUT2D eigenvalue weighted by Crippen LogP contribution is -2.30. The molecule has 3 aliphatic carbocycles. The number of ether oxygens (including phenoxy) is 1. The number of nitrogens with zero attached hydrogens (tertiary/aromatic N) is 1. The van der Waals surface area contributed by atoms with E-state index in [0.717, 1.165) is 36.8 Å². The summed E-state index contributed by atoms with van der Waals surface area (Å²) < 4.78 is 5.73. The first-order valence-electron chi connectivity index (χ1n) is 15.5. The Morgan fingerprint density at radius 3 is 2.37 bits per heavy atom.